The molecule has 0 fully saturated rings. The van der Waals surface area contributed by atoms with Crippen molar-refractivity contribution in [2.45, 2.75) is 57.2 Å². The van der Waals surface area contributed by atoms with Gasteiger partial charge in [-0.15, -0.1) is 0 Å². The molecule has 120 valence electrons. The van der Waals surface area contributed by atoms with E-state index in [4.69, 9.17) is 0 Å². The second-order valence-corrected chi connectivity index (χ2v) is 6.48. The molecule has 1 nitrogen and oxygen atoms in total. The second kappa shape index (κ2) is 5.23. The quantitative estimate of drug-likeness (QED) is 0.797. The van der Waals surface area contributed by atoms with E-state index in [1.807, 2.05) is 20.8 Å². The Morgan fingerprint density at radius 1 is 0.905 bits per heavy atom. The molecule has 1 unspecified atom stereocenters. The summed E-state index contributed by atoms with van der Waals surface area (Å²) in [5, 5.41) is 10.1. The summed E-state index contributed by atoms with van der Waals surface area (Å²) in [6.07, 6.45) is -7.39. The monoisotopic (exact) mass is 310 g/mol. The number of hydrogen-bond acceptors (Lipinski definition) is 1. The van der Waals surface area contributed by atoms with Gasteiger partial charge in [-0.05, 0) is 23.5 Å². The van der Waals surface area contributed by atoms with E-state index >= 15 is 0 Å². The first kappa shape index (κ1) is 17.9. The third kappa shape index (κ3) is 4.15. The van der Waals surface area contributed by atoms with Gasteiger partial charge >= 0.3 is 12.1 Å². The molecule has 1 atom stereocenters. The molecule has 0 amide bonds. The van der Waals surface area contributed by atoms with Gasteiger partial charge in [0.05, 0.1) is 12.0 Å². The highest BCUT2D eigenvalue weighted by Gasteiger charge is 2.60. The molecule has 0 saturated heterocycles. The van der Waals surface area contributed by atoms with Crippen LogP contribution in [-0.4, -0.2) is 17.2 Å². The van der Waals surface area contributed by atoms with Crippen LogP contribution in [0.4, 0.5) is 22.0 Å². The molecule has 0 aromatic heterocycles. The van der Waals surface area contributed by atoms with Gasteiger partial charge in [0.15, 0.2) is 0 Å². The summed E-state index contributed by atoms with van der Waals surface area (Å²) in [6.45, 7) is 6.61. The minimum absolute atomic E-state index is 0.0406. The van der Waals surface area contributed by atoms with Crippen LogP contribution in [0.2, 0.25) is 0 Å². The van der Waals surface area contributed by atoms with Gasteiger partial charge in [0.2, 0.25) is 0 Å². The molecular formula is C15H19F5O. The van der Waals surface area contributed by atoms with E-state index in [1.165, 1.54) is 18.2 Å². The van der Waals surface area contributed by atoms with Crippen LogP contribution >= 0.6 is 0 Å². The van der Waals surface area contributed by atoms with Gasteiger partial charge in [0, 0.05) is 0 Å². The normalized spacial score (nSPS) is 16.7. The van der Waals surface area contributed by atoms with Gasteiger partial charge in [-0.1, -0.05) is 45.0 Å². The first-order valence-electron chi connectivity index (χ1n) is 6.45. The van der Waals surface area contributed by atoms with Crippen LogP contribution in [0.3, 0.4) is 0 Å². The minimum Gasteiger partial charge on any atom is -0.385 e. The summed E-state index contributed by atoms with van der Waals surface area (Å²) in [5.41, 5.74) is -1.80. The summed E-state index contributed by atoms with van der Waals surface area (Å²) in [4.78, 5) is 0. The van der Waals surface area contributed by atoms with Crippen LogP contribution in [0.15, 0.2) is 24.3 Å². The Morgan fingerprint density at radius 3 is 1.81 bits per heavy atom. The summed E-state index contributed by atoms with van der Waals surface area (Å²) < 4.78 is 63.2. The SMILES string of the molecule is CC(C)(C)c1cccc(C(C)(O)CC(F)(F)C(F)(F)F)c1. The molecule has 0 spiro atoms. The molecule has 1 aromatic carbocycles. The van der Waals surface area contributed by atoms with Gasteiger partial charge in [-0.2, -0.15) is 22.0 Å². The summed E-state index contributed by atoms with van der Waals surface area (Å²) in [6, 6.07) is 6.09. The molecule has 0 saturated carbocycles. The Hall–Kier alpha value is -1.17. The van der Waals surface area contributed by atoms with Crippen LogP contribution in [0.1, 0.15) is 45.2 Å². The van der Waals surface area contributed by atoms with Gasteiger partial charge in [-0.3, -0.25) is 0 Å². The second-order valence-electron chi connectivity index (χ2n) is 6.48. The van der Waals surface area contributed by atoms with Crippen LogP contribution in [-0.2, 0) is 11.0 Å². The fourth-order valence-electron chi connectivity index (χ4n) is 1.96. The van der Waals surface area contributed by atoms with E-state index in [0.29, 0.717) is 0 Å². The molecule has 0 aliphatic rings. The van der Waals surface area contributed by atoms with Crippen molar-refractivity contribution >= 4 is 0 Å². The zero-order chi connectivity index (χ0) is 16.7. The maximum absolute atomic E-state index is 13.2. The maximum atomic E-state index is 13.2. The lowest BCUT2D eigenvalue weighted by molar-refractivity contribution is -0.297. The largest absolute Gasteiger partial charge is 0.453 e. The highest BCUT2D eigenvalue weighted by molar-refractivity contribution is 5.32. The van der Waals surface area contributed by atoms with Gasteiger partial charge in [0.25, 0.3) is 0 Å². The third-order valence-electron chi connectivity index (χ3n) is 3.33. The summed E-state index contributed by atoms with van der Waals surface area (Å²) in [7, 11) is 0. The summed E-state index contributed by atoms with van der Waals surface area (Å²) in [5.74, 6) is -4.95. The number of halogens is 5. The van der Waals surface area contributed by atoms with Crippen molar-refractivity contribution in [3.8, 4) is 0 Å². The van der Waals surface area contributed by atoms with Crippen LogP contribution < -0.4 is 0 Å². The van der Waals surface area contributed by atoms with Crippen LogP contribution in [0, 0.1) is 0 Å². The van der Waals surface area contributed by atoms with Crippen LogP contribution in [0.25, 0.3) is 0 Å². The third-order valence-corrected chi connectivity index (χ3v) is 3.33. The predicted octanol–water partition coefficient (Wildman–Crippen LogP) is 4.78. The molecule has 0 bridgehead atoms. The first-order chi connectivity index (χ1) is 9.17. The Bertz CT molecular complexity index is 498. The molecular weight excluding hydrogens is 291 g/mol. The number of benzene rings is 1. The molecule has 6 heteroatoms. The van der Waals surface area contributed by atoms with Crippen molar-refractivity contribution < 1.29 is 27.1 Å². The van der Waals surface area contributed by atoms with E-state index in [1.54, 1.807) is 6.07 Å². The Balaban J connectivity index is 3.15. The number of rotatable bonds is 3. The van der Waals surface area contributed by atoms with Crippen molar-refractivity contribution in [2.75, 3.05) is 0 Å². The Kier molecular flexibility index (Phi) is 4.45. The lowest BCUT2D eigenvalue weighted by Gasteiger charge is -2.31. The molecule has 0 aliphatic carbocycles. The Labute approximate surface area is 120 Å². The van der Waals surface area contributed by atoms with Gasteiger partial charge in [-0.25, -0.2) is 0 Å². The molecule has 1 N–H and O–H groups in total. The van der Waals surface area contributed by atoms with Crippen LogP contribution in [0.5, 0.6) is 0 Å². The lowest BCUT2D eigenvalue weighted by atomic mass is 9.82. The molecule has 1 aromatic rings. The Morgan fingerprint density at radius 2 is 1.38 bits per heavy atom. The van der Waals surface area contributed by atoms with Crippen molar-refractivity contribution in [3.63, 3.8) is 0 Å². The lowest BCUT2D eigenvalue weighted by Crippen LogP contribution is -2.42. The minimum atomic E-state index is -5.68. The van der Waals surface area contributed by atoms with Gasteiger partial charge < -0.3 is 5.11 Å². The maximum Gasteiger partial charge on any atom is 0.453 e. The van der Waals surface area contributed by atoms with E-state index in [2.05, 4.69) is 0 Å². The predicted molar refractivity (Wildman–Crippen MR) is 70.3 cm³/mol. The highest BCUT2D eigenvalue weighted by Crippen LogP contribution is 2.44. The number of hydrogen-bond donors (Lipinski definition) is 1. The number of alkyl halides is 5. The van der Waals surface area contributed by atoms with E-state index in [0.717, 1.165) is 12.5 Å². The average molecular weight is 310 g/mol. The van der Waals surface area contributed by atoms with Crippen molar-refractivity contribution in [3.05, 3.63) is 35.4 Å². The zero-order valence-electron chi connectivity index (χ0n) is 12.4. The van der Waals surface area contributed by atoms with Crippen molar-refractivity contribution in [1.82, 2.24) is 0 Å². The van der Waals surface area contributed by atoms with E-state index < -0.39 is 24.1 Å². The first-order valence-corrected chi connectivity index (χ1v) is 6.45. The summed E-state index contributed by atoms with van der Waals surface area (Å²) >= 11 is 0. The molecule has 21 heavy (non-hydrogen) atoms. The highest BCUT2D eigenvalue weighted by atomic mass is 19.4. The standard InChI is InChI=1S/C15H19F5O/c1-12(2,3)10-6-5-7-11(8-10)13(4,21)9-14(16,17)15(18,19)20/h5-8,21H,9H2,1-4H3. The molecule has 1 rings (SSSR count). The smallest absolute Gasteiger partial charge is 0.385 e. The van der Waals surface area contributed by atoms with Gasteiger partial charge in [0.1, 0.15) is 0 Å². The van der Waals surface area contributed by atoms with Crippen molar-refractivity contribution in [2.24, 2.45) is 0 Å². The molecule has 0 radical (unpaired) electrons. The van der Waals surface area contributed by atoms with E-state index in [9.17, 15) is 27.1 Å². The fraction of sp³-hybridized carbons (Fsp3) is 0.600. The topological polar surface area (TPSA) is 20.2 Å². The number of aliphatic hydroxyl groups is 1. The van der Waals surface area contributed by atoms with Crippen molar-refractivity contribution in [1.29, 1.82) is 0 Å². The fourth-order valence-corrected chi connectivity index (χ4v) is 1.96. The zero-order valence-corrected chi connectivity index (χ0v) is 12.4. The van der Waals surface area contributed by atoms with E-state index in [-0.39, 0.29) is 11.0 Å². The molecule has 0 heterocycles. The average Bonchev–Trinajstić information content (AvgIpc) is 2.25. The molecule has 0 aliphatic heterocycles.